The smallest absolute Gasteiger partial charge is 0.271 e. The van der Waals surface area contributed by atoms with Crippen LogP contribution in [-0.4, -0.2) is 15.4 Å². The summed E-state index contributed by atoms with van der Waals surface area (Å²) < 4.78 is 1.45. The van der Waals surface area contributed by atoms with E-state index in [1.807, 2.05) is 31.2 Å². The number of hydrogen-bond donors (Lipinski definition) is 1. The Labute approximate surface area is 155 Å². The van der Waals surface area contributed by atoms with E-state index in [-0.39, 0.29) is 16.8 Å². The molecule has 1 heterocycles. The number of hydrogen-bond acceptors (Lipinski definition) is 4. The summed E-state index contributed by atoms with van der Waals surface area (Å²) in [6, 6.07) is 16.2. The molecule has 0 aliphatic carbocycles. The van der Waals surface area contributed by atoms with Crippen LogP contribution in [0, 0.1) is 17.0 Å². The van der Waals surface area contributed by atoms with Gasteiger partial charge in [0, 0.05) is 30.1 Å². The van der Waals surface area contributed by atoms with Gasteiger partial charge in [-0.05, 0) is 24.6 Å². The maximum atomic E-state index is 12.5. The summed E-state index contributed by atoms with van der Waals surface area (Å²) in [6.45, 7) is 2.33. The van der Waals surface area contributed by atoms with Gasteiger partial charge in [0.15, 0.2) is 0 Å². The first kappa shape index (κ1) is 18.1. The Kier molecular flexibility index (Phi) is 5.12. The zero-order valence-electron chi connectivity index (χ0n) is 14.6. The first-order valence-corrected chi connectivity index (χ1v) is 8.24. The molecule has 0 aliphatic rings. The van der Waals surface area contributed by atoms with Crippen LogP contribution in [0.15, 0.2) is 71.7 Å². The summed E-state index contributed by atoms with van der Waals surface area (Å²) >= 11 is 0. The molecule has 2 aromatic carbocycles. The lowest BCUT2D eigenvalue weighted by Crippen LogP contribution is -2.22. The normalized spacial score (nSPS) is 10.4. The van der Waals surface area contributed by atoms with Crippen molar-refractivity contribution in [2.24, 2.45) is 0 Å². The maximum Gasteiger partial charge on any atom is 0.271 e. The second-order valence-corrected chi connectivity index (χ2v) is 6.13. The minimum Gasteiger partial charge on any atom is -0.322 e. The monoisotopic (exact) mass is 363 g/mol. The summed E-state index contributed by atoms with van der Waals surface area (Å²) in [5, 5.41) is 13.5. The van der Waals surface area contributed by atoms with Crippen molar-refractivity contribution in [2.75, 3.05) is 5.32 Å². The van der Waals surface area contributed by atoms with Crippen LogP contribution in [0.5, 0.6) is 0 Å². The van der Waals surface area contributed by atoms with Crippen molar-refractivity contribution in [1.82, 2.24) is 4.57 Å². The molecular formula is C20H17N3O4. The number of nitrogens with one attached hydrogen (secondary N) is 1. The number of nitro groups is 1. The summed E-state index contributed by atoms with van der Waals surface area (Å²) in [7, 11) is 0. The summed E-state index contributed by atoms with van der Waals surface area (Å²) in [5.41, 5.74) is 2.33. The van der Waals surface area contributed by atoms with E-state index < -0.39 is 10.8 Å². The Morgan fingerprint density at radius 3 is 2.56 bits per heavy atom. The third-order valence-corrected chi connectivity index (χ3v) is 4.03. The number of carbonyl (C=O) groups excluding carboxylic acids is 1. The second kappa shape index (κ2) is 7.65. The number of pyridine rings is 1. The summed E-state index contributed by atoms with van der Waals surface area (Å²) in [4.78, 5) is 34.9. The van der Waals surface area contributed by atoms with Gasteiger partial charge >= 0.3 is 0 Å². The quantitative estimate of drug-likeness (QED) is 0.555. The van der Waals surface area contributed by atoms with Gasteiger partial charge in [-0.3, -0.25) is 19.7 Å². The predicted octanol–water partition coefficient (Wildman–Crippen LogP) is 3.37. The molecule has 3 rings (SSSR count). The summed E-state index contributed by atoms with van der Waals surface area (Å²) in [6.07, 6.45) is 1.48. The Balaban J connectivity index is 1.81. The standard InChI is InChI=1S/C20H17N3O4/c1-14-5-7-15(8-6-14)12-22-13-16(9-10-19(22)24)20(25)21-17-3-2-4-18(11-17)23(26)27/h2-11,13H,12H2,1H3,(H,21,25). The fourth-order valence-corrected chi connectivity index (χ4v) is 2.58. The fourth-order valence-electron chi connectivity index (χ4n) is 2.58. The largest absolute Gasteiger partial charge is 0.322 e. The molecule has 0 saturated carbocycles. The van der Waals surface area contributed by atoms with Crippen molar-refractivity contribution in [2.45, 2.75) is 13.5 Å². The molecule has 0 atom stereocenters. The molecule has 0 spiro atoms. The Morgan fingerprint density at radius 2 is 1.85 bits per heavy atom. The van der Waals surface area contributed by atoms with Crippen LogP contribution in [0.3, 0.4) is 0 Å². The van der Waals surface area contributed by atoms with Crippen LogP contribution in [0.4, 0.5) is 11.4 Å². The highest BCUT2D eigenvalue weighted by atomic mass is 16.6. The molecule has 3 aromatic rings. The van der Waals surface area contributed by atoms with Crippen molar-refractivity contribution in [1.29, 1.82) is 0 Å². The first-order valence-electron chi connectivity index (χ1n) is 8.24. The van der Waals surface area contributed by atoms with Crippen LogP contribution in [-0.2, 0) is 6.54 Å². The third-order valence-electron chi connectivity index (χ3n) is 4.03. The molecule has 0 fully saturated rings. The number of benzene rings is 2. The summed E-state index contributed by atoms with van der Waals surface area (Å²) in [5.74, 6) is -0.451. The topological polar surface area (TPSA) is 94.2 Å². The first-order chi connectivity index (χ1) is 12.9. The molecule has 1 aromatic heterocycles. The van der Waals surface area contributed by atoms with Crippen molar-refractivity contribution in [3.8, 4) is 0 Å². The predicted molar refractivity (Wildman–Crippen MR) is 102 cm³/mol. The van der Waals surface area contributed by atoms with Crippen molar-refractivity contribution in [3.05, 3.63) is 104 Å². The van der Waals surface area contributed by atoms with Crippen molar-refractivity contribution in [3.63, 3.8) is 0 Å². The van der Waals surface area contributed by atoms with E-state index in [4.69, 9.17) is 0 Å². The lowest BCUT2D eigenvalue weighted by molar-refractivity contribution is -0.384. The number of nitrogens with zero attached hydrogens (tertiary/aromatic N) is 2. The molecule has 0 aliphatic heterocycles. The number of nitro benzene ring substituents is 1. The van der Waals surface area contributed by atoms with Crippen molar-refractivity contribution >= 4 is 17.3 Å². The second-order valence-electron chi connectivity index (χ2n) is 6.13. The van der Waals surface area contributed by atoms with Crippen LogP contribution < -0.4 is 10.9 Å². The number of anilines is 1. The van der Waals surface area contributed by atoms with Crippen LogP contribution in [0.25, 0.3) is 0 Å². The third kappa shape index (κ3) is 4.46. The number of amides is 1. The van der Waals surface area contributed by atoms with Crippen LogP contribution in [0.1, 0.15) is 21.5 Å². The van der Waals surface area contributed by atoms with Gasteiger partial charge in [-0.1, -0.05) is 35.9 Å². The molecule has 0 saturated heterocycles. The van der Waals surface area contributed by atoms with Crippen LogP contribution in [0.2, 0.25) is 0 Å². The molecule has 136 valence electrons. The van der Waals surface area contributed by atoms with E-state index in [2.05, 4.69) is 5.32 Å². The zero-order chi connectivity index (χ0) is 19.4. The Hall–Kier alpha value is -3.74. The van der Waals surface area contributed by atoms with E-state index in [0.717, 1.165) is 11.1 Å². The number of rotatable bonds is 5. The highest BCUT2D eigenvalue weighted by Gasteiger charge is 2.11. The van der Waals surface area contributed by atoms with Gasteiger partial charge in [0.2, 0.25) is 0 Å². The van der Waals surface area contributed by atoms with Gasteiger partial charge in [0.1, 0.15) is 0 Å². The molecule has 0 bridgehead atoms. The minimum atomic E-state index is -0.530. The molecule has 1 amide bonds. The van der Waals surface area contributed by atoms with Crippen molar-refractivity contribution < 1.29 is 9.72 Å². The lowest BCUT2D eigenvalue weighted by Gasteiger charge is -2.09. The highest BCUT2D eigenvalue weighted by molar-refractivity contribution is 6.04. The minimum absolute atomic E-state index is 0.114. The Morgan fingerprint density at radius 1 is 1.11 bits per heavy atom. The molecule has 7 heteroatoms. The van der Waals surface area contributed by atoms with Gasteiger partial charge in [0.05, 0.1) is 17.0 Å². The number of non-ortho nitro benzene ring substituents is 1. The van der Waals surface area contributed by atoms with Gasteiger partial charge in [-0.2, -0.15) is 0 Å². The highest BCUT2D eigenvalue weighted by Crippen LogP contribution is 2.17. The molecule has 0 radical (unpaired) electrons. The van der Waals surface area contributed by atoms with Crippen LogP contribution >= 0.6 is 0 Å². The Bertz CT molecular complexity index is 1060. The lowest BCUT2D eigenvalue weighted by atomic mass is 10.1. The van der Waals surface area contributed by atoms with Gasteiger partial charge < -0.3 is 9.88 Å². The SMILES string of the molecule is Cc1ccc(Cn2cc(C(=O)Nc3cccc([N+](=O)[O-])c3)ccc2=O)cc1. The van der Waals surface area contributed by atoms with E-state index >= 15 is 0 Å². The number of aromatic nitrogens is 1. The average molecular weight is 363 g/mol. The molecule has 7 nitrogen and oxygen atoms in total. The zero-order valence-corrected chi connectivity index (χ0v) is 14.6. The van der Waals surface area contributed by atoms with E-state index in [0.29, 0.717) is 12.2 Å². The van der Waals surface area contributed by atoms with Gasteiger partial charge in [-0.15, -0.1) is 0 Å². The maximum absolute atomic E-state index is 12.5. The van der Waals surface area contributed by atoms with E-state index in [1.54, 1.807) is 6.07 Å². The molecule has 0 unspecified atom stereocenters. The molecule has 1 N–H and O–H groups in total. The average Bonchev–Trinajstić information content (AvgIpc) is 2.65. The molecular weight excluding hydrogens is 346 g/mol. The number of carbonyl (C=O) groups is 1. The molecule has 27 heavy (non-hydrogen) atoms. The fraction of sp³-hybridized carbons (Fsp3) is 0.100. The van der Waals surface area contributed by atoms with E-state index in [1.165, 1.54) is 41.1 Å². The van der Waals surface area contributed by atoms with Gasteiger partial charge in [-0.25, -0.2) is 0 Å². The van der Waals surface area contributed by atoms with Gasteiger partial charge in [0.25, 0.3) is 17.2 Å². The number of aryl methyl sites for hydroxylation is 1. The van der Waals surface area contributed by atoms with E-state index in [9.17, 15) is 19.7 Å².